The molecule has 0 saturated carbocycles. The van der Waals surface area contributed by atoms with Gasteiger partial charge in [-0.25, -0.2) is 4.99 Å². The van der Waals surface area contributed by atoms with E-state index in [0.717, 1.165) is 27.8 Å². The summed E-state index contributed by atoms with van der Waals surface area (Å²) in [6.07, 6.45) is 2.17. The van der Waals surface area contributed by atoms with Gasteiger partial charge in [0.2, 0.25) is 5.96 Å². The first kappa shape index (κ1) is 15.4. The van der Waals surface area contributed by atoms with Gasteiger partial charge in [-0.2, -0.15) is 0 Å². The van der Waals surface area contributed by atoms with Crippen molar-refractivity contribution in [3.63, 3.8) is 0 Å². The summed E-state index contributed by atoms with van der Waals surface area (Å²) in [5, 5.41) is 2.70. The largest absolute Gasteiger partial charge is 0.369 e. The van der Waals surface area contributed by atoms with E-state index in [0.29, 0.717) is 5.96 Å². The van der Waals surface area contributed by atoms with Crippen LogP contribution in [-0.2, 0) is 12.8 Å². The highest BCUT2D eigenvalue weighted by atomic mass is 127. The van der Waals surface area contributed by atoms with E-state index in [2.05, 4.69) is 57.9 Å². The molecular formula is C20H18IN3. The number of hydrogen-bond donors (Lipinski definition) is 1. The molecule has 3 aromatic rings. The molecule has 0 bridgehead atoms. The minimum atomic E-state index is 0.511. The van der Waals surface area contributed by atoms with Crippen LogP contribution in [0.4, 0.5) is 11.4 Å². The minimum absolute atomic E-state index is 0.511. The molecule has 0 atom stereocenters. The number of anilines is 1. The van der Waals surface area contributed by atoms with Gasteiger partial charge >= 0.3 is 0 Å². The molecule has 0 saturated heterocycles. The third-order valence-electron chi connectivity index (χ3n) is 4.62. The quantitative estimate of drug-likeness (QED) is 0.368. The molecule has 0 heterocycles. The van der Waals surface area contributed by atoms with Crippen LogP contribution in [0.1, 0.15) is 11.1 Å². The van der Waals surface area contributed by atoms with Crippen LogP contribution in [0.15, 0.2) is 59.6 Å². The molecule has 0 unspecified atom stereocenters. The van der Waals surface area contributed by atoms with Gasteiger partial charge in [-0.3, -0.25) is 0 Å². The molecule has 1 aliphatic carbocycles. The number of aliphatic imine (C=N–C) groups is 1. The minimum Gasteiger partial charge on any atom is -0.369 e. The fraction of sp³-hybridized carbons (Fsp3) is 0.150. The summed E-state index contributed by atoms with van der Waals surface area (Å²) in [7, 11) is 1.99. The van der Waals surface area contributed by atoms with Gasteiger partial charge in [0.05, 0.1) is 5.69 Å². The van der Waals surface area contributed by atoms with Crippen molar-refractivity contribution in [3.8, 4) is 0 Å². The Balaban J connectivity index is 1.76. The lowest BCUT2D eigenvalue weighted by molar-refractivity contribution is 1.02. The number of hydrogen-bond acceptors (Lipinski definition) is 1. The molecule has 4 rings (SSSR count). The van der Waals surface area contributed by atoms with Crippen LogP contribution in [-0.4, -0.2) is 13.0 Å². The van der Waals surface area contributed by atoms with Gasteiger partial charge in [-0.1, -0.05) is 30.3 Å². The monoisotopic (exact) mass is 427 g/mol. The van der Waals surface area contributed by atoms with E-state index in [1.807, 2.05) is 36.2 Å². The molecule has 0 aromatic heterocycles. The number of guanidine groups is 1. The maximum atomic E-state index is 6.29. The van der Waals surface area contributed by atoms with Crippen molar-refractivity contribution in [2.75, 3.05) is 11.9 Å². The van der Waals surface area contributed by atoms with Crippen molar-refractivity contribution >= 4 is 50.7 Å². The third-order valence-corrected chi connectivity index (χ3v) is 5.29. The van der Waals surface area contributed by atoms with Gasteiger partial charge in [0.25, 0.3) is 0 Å². The first-order valence-electron chi connectivity index (χ1n) is 8.00. The predicted octanol–water partition coefficient (Wildman–Crippen LogP) is 4.63. The van der Waals surface area contributed by atoms with E-state index < -0.39 is 0 Å². The van der Waals surface area contributed by atoms with Crippen molar-refractivity contribution in [2.24, 2.45) is 10.7 Å². The van der Waals surface area contributed by atoms with Gasteiger partial charge in [0.15, 0.2) is 0 Å². The average Bonchev–Trinajstić information content (AvgIpc) is 3.01. The van der Waals surface area contributed by atoms with Crippen molar-refractivity contribution in [2.45, 2.75) is 12.8 Å². The number of benzene rings is 3. The highest BCUT2D eigenvalue weighted by Gasteiger charge is 2.20. The number of halogens is 1. The maximum Gasteiger partial charge on any atom is 0.200 e. The van der Waals surface area contributed by atoms with Crippen LogP contribution >= 0.6 is 22.6 Å². The van der Waals surface area contributed by atoms with Crippen LogP contribution in [0.2, 0.25) is 0 Å². The molecule has 1 aliphatic rings. The second-order valence-corrected chi connectivity index (χ2v) is 7.33. The molecule has 24 heavy (non-hydrogen) atoms. The maximum absolute atomic E-state index is 6.29. The topological polar surface area (TPSA) is 41.6 Å². The van der Waals surface area contributed by atoms with Crippen molar-refractivity contribution in [1.29, 1.82) is 0 Å². The average molecular weight is 427 g/mol. The Morgan fingerprint density at radius 2 is 1.92 bits per heavy atom. The van der Waals surface area contributed by atoms with E-state index in [1.165, 1.54) is 21.9 Å². The smallest absolute Gasteiger partial charge is 0.200 e. The standard InChI is InChI=1S/C20H18IN3/c1-24(20(22)23-16-7-3-6-15(21)12-16)18-11-9-14-5-2-4-13-8-10-17(18)19(13)14/h2-7,9,11-12H,8,10H2,1H3,(H2,22,23). The summed E-state index contributed by atoms with van der Waals surface area (Å²) in [6, 6.07) is 18.9. The fourth-order valence-electron chi connectivity index (χ4n) is 3.44. The predicted molar refractivity (Wildman–Crippen MR) is 110 cm³/mol. The molecule has 0 spiro atoms. The highest BCUT2D eigenvalue weighted by Crippen LogP contribution is 2.37. The van der Waals surface area contributed by atoms with Gasteiger partial charge in [0.1, 0.15) is 0 Å². The molecule has 0 aliphatic heterocycles. The van der Waals surface area contributed by atoms with Gasteiger partial charge in [0, 0.05) is 16.3 Å². The molecule has 0 fully saturated rings. The highest BCUT2D eigenvalue weighted by molar-refractivity contribution is 14.1. The van der Waals surface area contributed by atoms with Crippen molar-refractivity contribution in [1.82, 2.24) is 0 Å². The fourth-order valence-corrected chi connectivity index (χ4v) is 3.96. The van der Waals surface area contributed by atoms with Crippen LogP contribution in [0, 0.1) is 3.57 Å². The molecule has 3 aromatic carbocycles. The Kier molecular flexibility index (Phi) is 3.92. The van der Waals surface area contributed by atoms with Gasteiger partial charge < -0.3 is 10.6 Å². The van der Waals surface area contributed by atoms with E-state index in [-0.39, 0.29) is 0 Å². The van der Waals surface area contributed by atoms with Crippen molar-refractivity contribution in [3.05, 3.63) is 69.3 Å². The van der Waals surface area contributed by atoms with E-state index in [1.54, 1.807) is 0 Å². The summed E-state index contributed by atoms with van der Waals surface area (Å²) in [4.78, 5) is 6.58. The van der Waals surface area contributed by atoms with Gasteiger partial charge in [-0.05, 0) is 81.6 Å². The lowest BCUT2D eigenvalue weighted by Crippen LogP contribution is -2.34. The summed E-state index contributed by atoms with van der Waals surface area (Å²) in [5.74, 6) is 0.511. The summed E-state index contributed by atoms with van der Waals surface area (Å²) < 4.78 is 1.15. The number of nitrogens with zero attached hydrogens (tertiary/aromatic N) is 2. The Morgan fingerprint density at radius 1 is 1.08 bits per heavy atom. The molecule has 4 heteroatoms. The van der Waals surface area contributed by atoms with Crippen molar-refractivity contribution < 1.29 is 0 Å². The summed E-state index contributed by atoms with van der Waals surface area (Å²) in [6.45, 7) is 0. The Bertz CT molecular complexity index is 962. The Labute approximate surface area is 155 Å². The second kappa shape index (κ2) is 6.09. The number of aryl methyl sites for hydroxylation is 2. The zero-order valence-electron chi connectivity index (χ0n) is 13.5. The van der Waals surface area contributed by atoms with Crippen LogP contribution in [0.5, 0.6) is 0 Å². The molecule has 120 valence electrons. The van der Waals surface area contributed by atoms with E-state index in [9.17, 15) is 0 Å². The van der Waals surface area contributed by atoms with Crippen LogP contribution in [0.25, 0.3) is 10.8 Å². The molecule has 0 amide bonds. The number of rotatable bonds is 2. The lowest BCUT2D eigenvalue weighted by atomic mass is 10.0. The van der Waals surface area contributed by atoms with E-state index in [4.69, 9.17) is 5.73 Å². The van der Waals surface area contributed by atoms with Gasteiger partial charge in [-0.15, -0.1) is 0 Å². The summed E-state index contributed by atoms with van der Waals surface area (Å²) in [5.41, 5.74) is 11.1. The van der Waals surface area contributed by atoms with Crippen LogP contribution in [0.3, 0.4) is 0 Å². The molecular weight excluding hydrogens is 409 g/mol. The lowest BCUT2D eigenvalue weighted by Gasteiger charge is -2.21. The normalized spacial score (nSPS) is 13.5. The Morgan fingerprint density at radius 3 is 2.75 bits per heavy atom. The van der Waals surface area contributed by atoms with Crippen LogP contribution < -0.4 is 10.6 Å². The molecule has 3 nitrogen and oxygen atoms in total. The molecule has 0 radical (unpaired) electrons. The first-order chi connectivity index (χ1) is 11.6. The van der Waals surface area contributed by atoms with E-state index >= 15 is 0 Å². The molecule has 2 N–H and O–H groups in total. The summed E-state index contributed by atoms with van der Waals surface area (Å²) >= 11 is 2.29. The Hall–Kier alpha value is -2.08. The third kappa shape index (κ3) is 2.65. The zero-order chi connectivity index (χ0) is 16.7. The number of nitrogens with two attached hydrogens (primary N) is 1. The second-order valence-electron chi connectivity index (χ2n) is 6.09. The SMILES string of the molecule is CN(C(N)=Nc1cccc(I)c1)c1ccc2cccc3c2c1CC3. The first-order valence-corrected chi connectivity index (χ1v) is 9.08. The zero-order valence-corrected chi connectivity index (χ0v) is 15.6.